The molecule has 146 valence electrons. The van der Waals surface area contributed by atoms with Gasteiger partial charge in [0.05, 0.1) is 11.4 Å². The van der Waals surface area contributed by atoms with Crippen molar-refractivity contribution in [3.8, 4) is 11.4 Å². The molecule has 0 bridgehead atoms. The Balaban J connectivity index is 1.38. The minimum absolute atomic E-state index is 0.636. The number of aryl methyl sites for hydroxylation is 1. The maximum absolute atomic E-state index is 4.73. The standard InChI is InChI=1S/C20H21N9/c1-14-15(2)25-20-23-13-24-29(20)18(14)27-9-11-28(12-10-27)19-22-8-6-17(26-19)16-5-3-4-7-21-16/h3-8,13H,9-12H2,1-2H3. The van der Waals surface area contributed by atoms with Crippen molar-refractivity contribution in [3.63, 3.8) is 0 Å². The number of piperazine rings is 1. The fourth-order valence-electron chi connectivity index (χ4n) is 3.66. The summed E-state index contributed by atoms with van der Waals surface area (Å²) < 4.78 is 1.83. The third-order valence-corrected chi connectivity index (χ3v) is 5.31. The van der Waals surface area contributed by atoms with Crippen LogP contribution in [0, 0.1) is 13.8 Å². The Bertz CT molecular complexity index is 1150. The molecule has 5 rings (SSSR count). The maximum atomic E-state index is 4.73. The maximum Gasteiger partial charge on any atom is 0.254 e. The van der Waals surface area contributed by atoms with Crippen LogP contribution in [0.4, 0.5) is 11.8 Å². The molecule has 1 aliphatic heterocycles. The fraction of sp³-hybridized carbons (Fsp3) is 0.300. The fourth-order valence-corrected chi connectivity index (χ4v) is 3.66. The van der Waals surface area contributed by atoms with Crippen molar-refractivity contribution in [2.45, 2.75) is 13.8 Å². The predicted molar refractivity (Wildman–Crippen MR) is 110 cm³/mol. The minimum Gasteiger partial charge on any atom is -0.353 e. The van der Waals surface area contributed by atoms with Crippen LogP contribution in [0.3, 0.4) is 0 Å². The van der Waals surface area contributed by atoms with E-state index in [0.717, 1.165) is 60.6 Å². The lowest BCUT2D eigenvalue weighted by Crippen LogP contribution is -2.48. The molecule has 29 heavy (non-hydrogen) atoms. The van der Waals surface area contributed by atoms with E-state index in [1.165, 1.54) is 0 Å². The van der Waals surface area contributed by atoms with Crippen LogP contribution in [0.2, 0.25) is 0 Å². The van der Waals surface area contributed by atoms with Gasteiger partial charge in [0.2, 0.25) is 5.95 Å². The first-order valence-electron chi connectivity index (χ1n) is 9.62. The number of aromatic nitrogens is 7. The SMILES string of the molecule is Cc1nc2ncnn2c(N2CCN(c3nccc(-c4ccccn4)n3)CC2)c1C. The van der Waals surface area contributed by atoms with Gasteiger partial charge >= 0.3 is 0 Å². The van der Waals surface area contributed by atoms with Gasteiger partial charge in [-0.15, -0.1) is 0 Å². The van der Waals surface area contributed by atoms with E-state index in [1.54, 1.807) is 18.7 Å². The molecule has 0 N–H and O–H groups in total. The Morgan fingerprint density at radius 2 is 1.62 bits per heavy atom. The number of hydrogen-bond acceptors (Lipinski definition) is 8. The molecular formula is C20H21N9. The zero-order valence-corrected chi connectivity index (χ0v) is 16.4. The third kappa shape index (κ3) is 3.14. The quantitative estimate of drug-likeness (QED) is 0.527. The summed E-state index contributed by atoms with van der Waals surface area (Å²) in [5.41, 5.74) is 3.80. The van der Waals surface area contributed by atoms with Gasteiger partial charge in [0, 0.05) is 49.8 Å². The lowest BCUT2D eigenvalue weighted by molar-refractivity contribution is 0.625. The number of anilines is 2. The molecule has 0 amide bonds. The minimum atomic E-state index is 0.636. The Morgan fingerprint density at radius 3 is 2.41 bits per heavy atom. The summed E-state index contributed by atoms with van der Waals surface area (Å²) in [4.78, 5) is 26.9. The topological polar surface area (TPSA) is 88.2 Å². The highest BCUT2D eigenvalue weighted by Crippen LogP contribution is 2.25. The number of pyridine rings is 1. The molecular weight excluding hydrogens is 366 g/mol. The molecule has 1 saturated heterocycles. The van der Waals surface area contributed by atoms with E-state index in [4.69, 9.17) is 4.98 Å². The second kappa shape index (κ2) is 7.08. The molecule has 0 aliphatic carbocycles. The van der Waals surface area contributed by atoms with Crippen LogP contribution in [-0.2, 0) is 0 Å². The molecule has 1 aliphatic rings. The Hall–Kier alpha value is -3.62. The highest BCUT2D eigenvalue weighted by molar-refractivity contribution is 5.57. The second-order valence-electron chi connectivity index (χ2n) is 7.05. The van der Waals surface area contributed by atoms with E-state index >= 15 is 0 Å². The number of nitrogens with zero attached hydrogens (tertiary/aromatic N) is 9. The van der Waals surface area contributed by atoms with Crippen LogP contribution in [-0.4, -0.2) is 60.7 Å². The first-order chi connectivity index (χ1) is 14.2. The Labute approximate surface area is 168 Å². The predicted octanol–water partition coefficient (Wildman–Crippen LogP) is 1.92. The van der Waals surface area contributed by atoms with E-state index in [9.17, 15) is 0 Å². The van der Waals surface area contributed by atoms with Crippen molar-refractivity contribution in [1.82, 2.24) is 34.5 Å². The average Bonchev–Trinajstić information content (AvgIpc) is 3.23. The molecule has 0 atom stereocenters. The number of hydrogen-bond donors (Lipinski definition) is 0. The first-order valence-corrected chi connectivity index (χ1v) is 9.62. The molecule has 9 heteroatoms. The van der Waals surface area contributed by atoms with Gasteiger partial charge in [0.25, 0.3) is 5.78 Å². The van der Waals surface area contributed by atoms with Crippen LogP contribution < -0.4 is 9.80 Å². The zero-order chi connectivity index (χ0) is 19.8. The molecule has 4 aromatic rings. The lowest BCUT2D eigenvalue weighted by Gasteiger charge is -2.36. The summed E-state index contributed by atoms with van der Waals surface area (Å²) in [7, 11) is 0. The molecule has 0 spiro atoms. The monoisotopic (exact) mass is 387 g/mol. The van der Waals surface area contributed by atoms with Crippen molar-refractivity contribution < 1.29 is 0 Å². The van der Waals surface area contributed by atoms with E-state index in [2.05, 4.69) is 41.8 Å². The van der Waals surface area contributed by atoms with Gasteiger partial charge in [0.15, 0.2) is 0 Å². The summed E-state index contributed by atoms with van der Waals surface area (Å²) in [6.07, 6.45) is 5.13. The van der Waals surface area contributed by atoms with Crippen LogP contribution in [0.25, 0.3) is 17.2 Å². The summed E-state index contributed by atoms with van der Waals surface area (Å²) >= 11 is 0. The Morgan fingerprint density at radius 1 is 0.793 bits per heavy atom. The molecule has 0 aromatic carbocycles. The van der Waals surface area contributed by atoms with Crippen molar-refractivity contribution in [1.29, 1.82) is 0 Å². The summed E-state index contributed by atoms with van der Waals surface area (Å²) in [5, 5.41) is 4.37. The van der Waals surface area contributed by atoms with Gasteiger partial charge in [-0.3, -0.25) is 4.98 Å². The normalized spacial score (nSPS) is 14.6. The first kappa shape index (κ1) is 17.5. The molecule has 9 nitrogen and oxygen atoms in total. The van der Waals surface area contributed by atoms with Crippen LogP contribution >= 0.6 is 0 Å². The second-order valence-corrected chi connectivity index (χ2v) is 7.05. The molecule has 5 heterocycles. The highest BCUT2D eigenvalue weighted by atomic mass is 15.4. The van der Waals surface area contributed by atoms with Crippen LogP contribution in [0.1, 0.15) is 11.3 Å². The van der Waals surface area contributed by atoms with E-state index in [0.29, 0.717) is 5.78 Å². The summed E-state index contributed by atoms with van der Waals surface area (Å²) in [6.45, 7) is 7.43. The van der Waals surface area contributed by atoms with Gasteiger partial charge in [-0.1, -0.05) is 6.07 Å². The van der Waals surface area contributed by atoms with Crippen molar-refractivity contribution >= 4 is 17.5 Å². The van der Waals surface area contributed by atoms with Crippen molar-refractivity contribution in [2.24, 2.45) is 0 Å². The number of rotatable bonds is 3. The van der Waals surface area contributed by atoms with Crippen LogP contribution in [0.15, 0.2) is 43.0 Å². The largest absolute Gasteiger partial charge is 0.353 e. The molecule has 0 saturated carbocycles. The van der Waals surface area contributed by atoms with Crippen LogP contribution in [0.5, 0.6) is 0 Å². The van der Waals surface area contributed by atoms with Gasteiger partial charge in [-0.05, 0) is 32.0 Å². The molecule has 0 radical (unpaired) electrons. The summed E-state index contributed by atoms with van der Waals surface area (Å²) in [5.74, 6) is 2.44. The van der Waals surface area contributed by atoms with E-state index in [-0.39, 0.29) is 0 Å². The highest BCUT2D eigenvalue weighted by Gasteiger charge is 2.24. The van der Waals surface area contributed by atoms with E-state index < -0.39 is 0 Å². The van der Waals surface area contributed by atoms with Crippen molar-refractivity contribution in [3.05, 3.63) is 54.2 Å². The number of fused-ring (bicyclic) bond motifs is 1. The van der Waals surface area contributed by atoms with Gasteiger partial charge < -0.3 is 9.80 Å². The van der Waals surface area contributed by atoms with Gasteiger partial charge in [0.1, 0.15) is 12.1 Å². The lowest BCUT2D eigenvalue weighted by atomic mass is 10.2. The van der Waals surface area contributed by atoms with E-state index in [1.807, 2.05) is 35.7 Å². The molecule has 4 aromatic heterocycles. The molecule has 1 fully saturated rings. The zero-order valence-electron chi connectivity index (χ0n) is 16.4. The summed E-state index contributed by atoms with van der Waals surface area (Å²) in [6, 6.07) is 7.72. The van der Waals surface area contributed by atoms with Gasteiger partial charge in [-0.25, -0.2) is 15.0 Å². The molecule has 0 unspecified atom stereocenters. The smallest absolute Gasteiger partial charge is 0.254 e. The van der Waals surface area contributed by atoms with Crippen molar-refractivity contribution in [2.75, 3.05) is 36.0 Å². The average molecular weight is 387 g/mol. The third-order valence-electron chi connectivity index (χ3n) is 5.31. The Kier molecular flexibility index (Phi) is 4.27. The van der Waals surface area contributed by atoms with Gasteiger partial charge in [-0.2, -0.15) is 14.6 Å².